The first-order valence-corrected chi connectivity index (χ1v) is 7.33. The van der Waals surface area contributed by atoms with Gasteiger partial charge >= 0.3 is 0 Å². The van der Waals surface area contributed by atoms with Gasteiger partial charge < -0.3 is 10.2 Å². The molecule has 1 fully saturated rings. The van der Waals surface area contributed by atoms with Gasteiger partial charge in [-0.2, -0.15) is 0 Å². The normalized spacial score (nSPS) is 20.2. The highest BCUT2D eigenvalue weighted by Gasteiger charge is 2.15. The van der Waals surface area contributed by atoms with Crippen LogP contribution in [0, 0.1) is 0 Å². The Bertz CT molecular complexity index is 352. The second kappa shape index (κ2) is 6.21. The zero-order chi connectivity index (χ0) is 12.1. The van der Waals surface area contributed by atoms with Gasteiger partial charge in [-0.1, -0.05) is 18.2 Å². The number of hydrogen-bond acceptors (Lipinski definition) is 5. The summed E-state index contributed by atoms with van der Waals surface area (Å²) in [6.07, 6.45) is 7.75. The summed E-state index contributed by atoms with van der Waals surface area (Å²) < 4.78 is 0. The Kier molecular flexibility index (Phi) is 4.62. The van der Waals surface area contributed by atoms with Crippen molar-refractivity contribution in [2.45, 2.75) is 30.5 Å². The number of aromatic nitrogens is 2. The van der Waals surface area contributed by atoms with Crippen molar-refractivity contribution >= 4 is 17.6 Å². The fraction of sp³-hybridized carbons (Fsp3) is 0.667. The molecule has 0 spiro atoms. The number of hydrogen-bond donors (Lipinski definition) is 1. The third kappa shape index (κ3) is 3.57. The van der Waals surface area contributed by atoms with Gasteiger partial charge in [0.1, 0.15) is 5.82 Å². The van der Waals surface area contributed by atoms with Crippen LogP contribution in [0.3, 0.4) is 0 Å². The predicted molar refractivity (Wildman–Crippen MR) is 72.7 cm³/mol. The van der Waals surface area contributed by atoms with Crippen LogP contribution in [0.5, 0.6) is 0 Å². The van der Waals surface area contributed by atoms with Crippen molar-refractivity contribution in [2.75, 3.05) is 31.3 Å². The number of anilines is 1. The topological polar surface area (TPSA) is 41.1 Å². The van der Waals surface area contributed by atoms with Gasteiger partial charge in [-0.05, 0) is 31.7 Å². The van der Waals surface area contributed by atoms with E-state index in [1.54, 1.807) is 11.8 Å². The molecule has 17 heavy (non-hydrogen) atoms. The molecule has 1 atom stereocenters. The van der Waals surface area contributed by atoms with Crippen molar-refractivity contribution in [3.63, 3.8) is 0 Å². The van der Waals surface area contributed by atoms with Crippen LogP contribution in [-0.4, -0.2) is 42.4 Å². The Hall–Kier alpha value is -0.810. The molecule has 0 unspecified atom stereocenters. The van der Waals surface area contributed by atoms with Gasteiger partial charge in [0.2, 0.25) is 0 Å². The zero-order valence-electron chi connectivity index (χ0n) is 10.5. The highest BCUT2D eigenvalue weighted by atomic mass is 32.2. The molecule has 0 bridgehead atoms. The van der Waals surface area contributed by atoms with Crippen LogP contribution in [0.4, 0.5) is 5.82 Å². The van der Waals surface area contributed by atoms with Crippen molar-refractivity contribution in [2.24, 2.45) is 0 Å². The van der Waals surface area contributed by atoms with Crippen molar-refractivity contribution in [3.05, 3.63) is 12.3 Å². The first-order chi connectivity index (χ1) is 8.29. The van der Waals surface area contributed by atoms with Gasteiger partial charge in [-0.15, -0.1) is 0 Å². The van der Waals surface area contributed by atoms with E-state index in [-0.39, 0.29) is 0 Å². The zero-order valence-corrected chi connectivity index (χ0v) is 11.3. The van der Waals surface area contributed by atoms with Gasteiger partial charge in [-0.25, -0.2) is 9.97 Å². The van der Waals surface area contributed by atoms with E-state index in [0.717, 1.165) is 24.1 Å². The van der Waals surface area contributed by atoms with E-state index in [9.17, 15) is 0 Å². The number of piperidine rings is 1. The highest BCUT2D eigenvalue weighted by Crippen LogP contribution is 2.15. The lowest BCUT2D eigenvalue weighted by Gasteiger charge is -2.28. The minimum atomic E-state index is 0.599. The van der Waals surface area contributed by atoms with Crippen LogP contribution in [-0.2, 0) is 0 Å². The summed E-state index contributed by atoms with van der Waals surface area (Å²) in [6, 6.07) is 2.57. The Morgan fingerprint density at radius 3 is 3.12 bits per heavy atom. The largest absolute Gasteiger partial charge is 0.358 e. The summed E-state index contributed by atoms with van der Waals surface area (Å²) in [4.78, 5) is 10.9. The average molecular weight is 252 g/mol. The second-order valence-corrected chi connectivity index (χ2v) is 5.20. The molecular formula is C12H20N4S. The monoisotopic (exact) mass is 252 g/mol. The highest BCUT2D eigenvalue weighted by molar-refractivity contribution is 7.98. The Labute approximate surface area is 107 Å². The van der Waals surface area contributed by atoms with E-state index in [1.807, 2.05) is 18.5 Å². The van der Waals surface area contributed by atoms with Gasteiger partial charge in [0.15, 0.2) is 5.16 Å². The Balaban J connectivity index is 1.95. The molecule has 2 heterocycles. The van der Waals surface area contributed by atoms with E-state index < -0.39 is 0 Å². The molecule has 0 saturated carbocycles. The number of likely N-dealkylation sites (N-methyl/N-ethyl adjacent to an activating group) is 1. The Morgan fingerprint density at radius 2 is 2.41 bits per heavy atom. The molecule has 94 valence electrons. The van der Waals surface area contributed by atoms with Gasteiger partial charge in [-0.3, -0.25) is 0 Å². The minimum absolute atomic E-state index is 0.599. The molecule has 1 saturated heterocycles. The number of rotatable bonds is 4. The summed E-state index contributed by atoms with van der Waals surface area (Å²) >= 11 is 1.58. The van der Waals surface area contributed by atoms with Crippen LogP contribution in [0.25, 0.3) is 0 Å². The predicted octanol–water partition coefficient (Wildman–Crippen LogP) is 1.78. The molecule has 2 rings (SSSR count). The van der Waals surface area contributed by atoms with E-state index in [1.165, 1.54) is 19.3 Å². The molecule has 4 nitrogen and oxygen atoms in total. The van der Waals surface area contributed by atoms with Crippen molar-refractivity contribution in [1.82, 2.24) is 15.3 Å². The summed E-state index contributed by atoms with van der Waals surface area (Å²) in [5, 5.41) is 4.40. The summed E-state index contributed by atoms with van der Waals surface area (Å²) in [5.41, 5.74) is 0. The van der Waals surface area contributed by atoms with Crippen LogP contribution >= 0.6 is 11.8 Å². The molecule has 0 amide bonds. The third-order valence-electron chi connectivity index (χ3n) is 3.10. The minimum Gasteiger partial charge on any atom is -0.358 e. The second-order valence-electron chi connectivity index (χ2n) is 4.43. The molecule has 1 aromatic rings. The van der Waals surface area contributed by atoms with E-state index in [0.29, 0.717) is 6.04 Å². The van der Waals surface area contributed by atoms with Crippen molar-refractivity contribution in [1.29, 1.82) is 0 Å². The van der Waals surface area contributed by atoms with Gasteiger partial charge in [0.25, 0.3) is 0 Å². The third-order valence-corrected chi connectivity index (χ3v) is 3.66. The first kappa shape index (κ1) is 12.6. The standard InChI is InChI=1S/C12H20N4S/c1-16(9-10-5-3-4-7-13-10)11-6-8-14-12(15-11)17-2/h6,8,10,13H,3-5,7,9H2,1-2H3/t10-/m1/s1. The molecule has 1 aliphatic rings. The van der Waals surface area contributed by atoms with Crippen LogP contribution in [0.2, 0.25) is 0 Å². The molecule has 1 N–H and O–H groups in total. The average Bonchev–Trinajstić information content (AvgIpc) is 2.40. The van der Waals surface area contributed by atoms with Gasteiger partial charge in [0, 0.05) is 25.8 Å². The van der Waals surface area contributed by atoms with Gasteiger partial charge in [0.05, 0.1) is 0 Å². The number of thioether (sulfide) groups is 1. The molecular weight excluding hydrogens is 232 g/mol. The maximum absolute atomic E-state index is 4.51. The van der Waals surface area contributed by atoms with Crippen LogP contribution in [0.1, 0.15) is 19.3 Å². The fourth-order valence-corrected chi connectivity index (χ4v) is 2.50. The van der Waals surface area contributed by atoms with Crippen LogP contribution in [0.15, 0.2) is 17.4 Å². The first-order valence-electron chi connectivity index (χ1n) is 6.11. The van der Waals surface area contributed by atoms with Crippen molar-refractivity contribution in [3.8, 4) is 0 Å². The number of nitrogens with zero attached hydrogens (tertiary/aromatic N) is 3. The maximum atomic E-state index is 4.51. The molecule has 1 aromatic heterocycles. The molecule has 0 aromatic carbocycles. The lowest BCUT2D eigenvalue weighted by molar-refractivity contribution is 0.402. The lowest BCUT2D eigenvalue weighted by atomic mass is 10.0. The SMILES string of the molecule is CSc1nccc(N(C)C[C@H]2CCCCN2)n1. The van der Waals surface area contributed by atoms with E-state index in [4.69, 9.17) is 0 Å². The summed E-state index contributed by atoms with van der Waals surface area (Å²) in [6.45, 7) is 2.17. The maximum Gasteiger partial charge on any atom is 0.189 e. The molecule has 0 radical (unpaired) electrons. The fourth-order valence-electron chi connectivity index (χ4n) is 2.15. The summed E-state index contributed by atoms with van der Waals surface area (Å²) in [7, 11) is 2.10. The van der Waals surface area contributed by atoms with E-state index in [2.05, 4.69) is 27.2 Å². The molecule has 0 aliphatic carbocycles. The summed E-state index contributed by atoms with van der Waals surface area (Å²) in [5.74, 6) is 1.01. The van der Waals surface area contributed by atoms with E-state index >= 15 is 0 Å². The van der Waals surface area contributed by atoms with Crippen molar-refractivity contribution < 1.29 is 0 Å². The molecule has 5 heteroatoms. The number of nitrogens with one attached hydrogen (secondary N) is 1. The lowest BCUT2D eigenvalue weighted by Crippen LogP contribution is -2.42. The van der Waals surface area contributed by atoms with Crippen LogP contribution < -0.4 is 10.2 Å². The smallest absolute Gasteiger partial charge is 0.189 e. The molecule has 1 aliphatic heterocycles. The Morgan fingerprint density at radius 1 is 1.53 bits per heavy atom. The quantitative estimate of drug-likeness (QED) is 0.653.